The lowest BCUT2D eigenvalue weighted by Crippen LogP contribution is -2.43. The summed E-state index contributed by atoms with van der Waals surface area (Å²) in [5, 5.41) is 0. The molecule has 0 N–H and O–H groups in total. The zero-order valence-electron chi connectivity index (χ0n) is 13.0. The zero-order valence-corrected chi connectivity index (χ0v) is 13.0. The quantitative estimate of drug-likeness (QED) is 0.811. The first kappa shape index (κ1) is 13.6. The smallest absolute Gasteiger partial charge is 0.219 e. The van der Waals surface area contributed by atoms with Crippen LogP contribution in [0, 0.1) is 0 Å². The van der Waals surface area contributed by atoms with Crippen molar-refractivity contribution >= 4 is 5.91 Å². The predicted octanol–water partition coefficient (Wildman–Crippen LogP) is 2.83. The lowest BCUT2D eigenvalue weighted by molar-refractivity contribution is -0.130. The first-order valence-corrected chi connectivity index (χ1v) is 8.07. The normalized spacial score (nSPS) is 19.4. The van der Waals surface area contributed by atoms with E-state index in [0.717, 1.165) is 38.9 Å². The lowest BCUT2D eigenvalue weighted by atomic mass is 9.76. The summed E-state index contributed by atoms with van der Waals surface area (Å²) in [6.07, 6.45) is 5.25. The lowest BCUT2D eigenvalue weighted by Gasteiger charge is -2.38. The van der Waals surface area contributed by atoms with Gasteiger partial charge in [0.05, 0.1) is 11.9 Å². The number of benzene rings is 1. The highest BCUT2D eigenvalue weighted by molar-refractivity contribution is 5.73. The van der Waals surface area contributed by atoms with E-state index in [1.807, 2.05) is 17.2 Å². The van der Waals surface area contributed by atoms with Gasteiger partial charge < -0.3 is 9.47 Å². The van der Waals surface area contributed by atoms with Crippen molar-refractivity contribution in [2.75, 3.05) is 13.1 Å². The van der Waals surface area contributed by atoms with E-state index in [0.29, 0.717) is 0 Å². The van der Waals surface area contributed by atoms with Crippen molar-refractivity contribution in [1.82, 2.24) is 14.5 Å². The molecule has 0 atom stereocenters. The molecule has 0 radical (unpaired) electrons. The van der Waals surface area contributed by atoms with Crippen molar-refractivity contribution in [3.63, 3.8) is 0 Å². The Morgan fingerprint density at radius 1 is 1.09 bits per heavy atom. The molecule has 4 heteroatoms. The van der Waals surface area contributed by atoms with Crippen LogP contribution in [0.15, 0.2) is 36.5 Å². The Morgan fingerprint density at radius 2 is 1.77 bits per heavy atom. The highest BCUT2D eigenvalue weighted by atomic mass is 16.2. The molecular formula is C18H21N3O. The van der Waals surface area contributed by atoms with Crippen LogP contribution < -0.4 is 0 Å². The maximum atomic E-state index is 11.5. The molecule has 0 unspecified atom stereocenters. The fraction of sp³-hybridized carbons (Fsp3) is 0.444. The van der Waals surface area contributed by atoms with Crippen molar-refractivity contribution < 1.29 is 4.79 Å². The zero-order chi connectivity index (χ0) is 15.2. The Kier molecular flexibility index (Phi) is 3.06. The Hall–Kier alpha value is -2.10. The third-order valence-electron chi connectivity index (χ3n) is 5.38. The summed E-state index contributed by atoms with van der Waals surface area (Å²) in [5.41, 5.74) is 2.64. The molecule has 0 bridgehead atoms. The SMILES string of the molecule is CC(=O)N1CCC2(CC1)CCn1c(-c3ccccc3)cnc12. The molecule has 0 saturated carbocycles. The topological polar surface area (TPSA) is 38.1 Å². The van der Waals surface area contributed by atoms with Gasteiger partial charge in [0.2, 0.25) is 5.91 Å². The molecule has 4 rings (SSSR count). The number of carbonyl (C=O) groups excluding carboxylic acids is 1. The molecule has 114 valence electrons. The van der Waals surface area contributed by atoms with Crippen molar-refractivity contribution in [3.05, 3.63) is 42.4 Å². The van der Waals surface area contributed by atoms with Crippen LogP contribution in [-0.2, 0) is 16.8 Å². The van der Waals surface area contributed by atoms with Crippen LogP contribution in [-0.4, -0.2) is 33.4 Å². The molecule has 22 heavy (non-hydrogen) atoms. The number of likely N-dealkylation sites (tertiary alicyclic amines) is 1. The molecule has 0 aliphatic carbocycles. The molecule has 1 amide bonds. The van der Waals surface area contributed by atoms with Gasteiger partial charge in [0, 0.05) is 32.0 Å². The minimum Gasteiger partial charge on any atom is -0.343 e. The Bertz CT molecular complexity index is 696. The predicted molar refractivity (Wildman–Crippen MR) is 85.4 cm³/mol. The number of fused-ring (bicyclic) bond motifs is 2. The number of nitrogens with zero attached hydrogens (tertiary/aromatic N) is 3. The fourth-order valence-corrected chi connectivity index (χ4v) is 4.03. The number of aromatic nitrogens is 2. The number of amides is 1. The molecule has 1 fully saturated rings. The van der Waals surface area contributed by atoms with Crippen LogP contribution in [0.3, 0.4) is 0 Å². The molecule has 2 aliphatic rings. The summed E-state index contributed by atoms with van der Waals surface area (Å²) < 4.78 is 2.39. The molecule has 3 heterocycles. The highest BCUT2D eigenvalue weighted by Crippen LogP contribution is 2.44. The van der Waals surface area contributed by atoms with Gasteiger partial charge >= 0.3 is 0 Å². The summed E-state index contributed by atoms with van der Waals surface area (Å²) in [6.45, 7) is 4.44. The van der Waals surface area contributed by atoms with Crippen molar-refractivity contribution in [2.45, 2.75) is 38.1 Å². The van der Waals surface area contributed by atoms with E-state index in [4.69, 9.17) is 4.98 Å². The third kappa shape index (κ3) is 1.97. The van der Waals surface area contributed by atoms with E-state index >= 15 is 0 Å². The summed E-state index contributed by atoms with van der Waals surface area (Å²) in [4.78, 5) is 18.3. The van der Waals surface area contributed by atoms with Gasteiger partial charge in [-0.05, 0) is 24.8 Å². The number of hydrogen-bond donors (Lipinski definition) is 0. The molecule has 1 saturated heterocycles. The standard InChI is InChI=1S/C18H21N3O/c1-14(22)20-10-7-18(8-11-20)9-12-21-16(13-19-17(18)21)15-5-3-2-4-6-15/h2-6,13H,7-12H2,1H3. The number of hydrogen-bond acceptors (Lipinski definition) is 2. The molecule has 2 aromatic rings. The highest BCUT2D eigenvalue weighted by Gasteiger charge is 2.44. The van der Waals surface area contributed by atoms with Crippen molar-refractivity contribution in [3.8, 4) is 11.3 Å². The van der Waals surface area contributed by atoms with E-state index in [9.17, 15) is 4.79 Å². The summed E-state index contributed by atoms with van der Waals surface area (Å²) in [6, 6.07) is 10.5. The molecule has 1 aromatic carbocycles. The Labute approximate surface area is 130 Å². The maximum absolute atomic E-state index is 11.5. The van der Waals surface area contributed by atoms with Crippen LogP contribution in [0.1, 0.15) is 32.0 Å². The van der Waals surface area contributed by atoms with Crippen LogP contribution in [0.5, 0.6) is 0 Å². The van der Waals surface area contributed by atoms with Crippen LogP contribution in [0.4, 0.5) is 0 Å². The van der Waals surface area contributed by atoms with Gasteiger partial charge in [-0.2, -0.15) is 0 Å². The summed E-state index contributed by atoms with van der Waals surface area (Å²) >= 11 is 0. The maximum Gasteiger partial charge on any atom is 0.219 e. The monoisotopic (exact) mass is 295 g/mol. The second kappa shape index (κ2) is 4.97. The average molecular weight is 295 g/mol. The van der Waals surface area contributed by atoms with Gasteiger partial charge in [0.15, 0.2) is 0 Å². The number of rotatable bonds is 1. The van der Waals surface area contributed by atoms with Gasteiger partial charge in [-0.15, -0.1) is 0 Å². The number of piperidine rings is 1. The molecular weight excluding hydrogens is 274 g/mol. The molecule has 1 aromatic heterocycles. The number of carbonyl (C=O) groups is 1. The van der Waals surface area contributed by atoms with Crippen LogP contribution >= 0.6 is 0 Å². The molecule has 2 aliphatic heterocycles. The van der Waals surface area contributed by atoms with Gasteiger partial charge in [-0.1, -0.05) is 30.3 Å². The van der Waals surface area contributed by atoms with Crippen molar-refractivity contribution in [1.29, 1.82) is 0 Å². The molecule has 4 nitrogen and oxygen atoms in total. The van der Waals surface area contributed by atoms with E-state index in [1.165, 1.54) is 17.1 Å². The van der Waals surface area contributed by atoms with E-state index in [1.54, 1.807) is 6.92 Å². The van der Waals surface area contributed by atoms with Crippen molar-refractivity contribution in [2.24, 2.45) is 0 Å². The Balaban J connectivity index is 1.65. The fourth-order valence-electron chi connectivity index (χ4n) is 4.03. The second-order valence-corrected chi connectivity index (χ2v) is 6.52. The third-order valence-corrected chi connectivity index (χ3v) is 5.38. The van der Waals surface area contributed by atoms with Gasteiger partial charge in [0.1, 0.15) is 5.82 Å². The van der Waals surface area contributed by atoms with E-state index in [-0.39, 0.29) is 11.3 Å². The van der Waals surface area contributed by atoms with Gasteiger partial charge in [-0.3, -0.25) is 4.79 Å². The molecule has 1 spiro atoms. The van der Waals surface area contributed by atoms with Gasteiger partial charge in [0.25, 0.3) is 0 Å². The second-order valence-electron chi connectivity index (χ2n) is 6.52. The largest absolute Gasteiger partial charge is 0.343 e. The van der Waals surface area contributed by atoms with E-state index in [2.05, 4.69) is 28.8 Å². The minimum atomic E-state index is 0.180. The first-order valence-electron chi connectivity index (χ1n) is 8.07. The average Bonchev–Trinajstić information content (AvgIpc) is 3.11. The summed E-state index contributed by atoms with van der Waals surface area (Å²) in [5.74, 6) is 1.43. The van der Waals surface area contributed by atoms with Crippen LogP contribution in [0.25, 0.3) is 11.3 Å². The summed E-state index contributed by atoms with van der Waals surface area (Å²) in [7, 11) is 0. The van der Waals surface area contributed by atoms with Crippen LogP contribution in [0.2, 0.25) is 0 Å². The van der Waals surface area contributed by atoms with E-state index < -0.39 is 0 Å². The Morgan fingerprint density at radius 3 is 2.45 bits per heavy atom. The van der Waals surface area contributed by atoms with Gasteiger partial charge in [-0.25, -0.2) is 4.98 Å². The first-order chi connectivity index (χ1) is 10.7. The minimum absolute atomic E-state index is 0.180. The number of imidazole rings is 1.